The molecule has 0 aromatic carbocycles. The highest BCUT2D eigenvalue weighted by Gasteiger charge is 2.32. The number of unbranched alkanes of at least 4 members (excludes halogenated alkanes) is 3. The highest BCUT2D eigenvalue weighted by molar-refractivity contribution is 5.72. The lowest BCUT2D eigenvalue weighted by Crippen LogP contribution is -2.29. The third-order valence-corrected chi connectivity index (χ3v) is 3.05. The Kier molecular flexibility index (Phi) is 7.59. The molecule has 0 rings (SSSR count). The molecule has 0 saturated carbocycles. The maximum Gasteiger partial charge on any atom is 0.345 e. The van der Waals surface area contributed by atoms with E-state index in [-0.39, 0.29) is 17.8 Å². The summed E-state index contributed by atoms with van der Waals surface area (Å²) in [5.74, 6) is -1.69. The van der Waals surface area contributed by atoms with E-state index in [0.29, 0.717) is 12.8 Å². The zero-order chi connectivity index (χ0) is 14.2. The van der Waals surface area contributed by atoms with Crippen LogP contribution in [0.25, 0.3) is 0 Å². The second kappa shape index (κ2) is 8.08. The van der Waals surface area contributed by atoms with Crippen molar-refractivity contribution in [1.29, 1.82) is 0 Å². The van der Waals surface area contributed by atoms with Gasteiger partial charge in [0, 0.05) is 6.42 Å². The van der Waals surface area contributed by atoms with E-state index in [1.165, 1.54) is 0 Å². The molecule has 0 fully saturated rings. The van der Waals surface area contributed by atoms with Crippen LogP contribution in [0.4, 0.5) is 0 Å². The fourth-order valence-corrected chi connectivity index (χ4v) is 1.95. The number of carboxylic acid groups (broad SMARTS) is 1. The van der Waals surface area contributed by atoms with E-state index in [1.807, 2.05) is 20.8 Å². The van der Waals surface area contributed by atoms with Crippen molar-refractivity contribution in [1.82, 2.24) is 0 Å². The van der Waals surface area contributed by atoms with Gasteiger partial charge in [-0.1, -0.05) is 40.0 Å². The number of carbonyl (C=O) groups excluding carboxylic acids is 1. The lowest BCUT2D eigenvalue weighted by molar-refractivity contribution is -0.242. The molecule has 0 saturated heterocycles. The number of rotatable bonds is 8. The molecule has 1 atom stereocenters. The first-order valence-corrected chi connectivity index (χ1v) is 6.36. The quantitative estimate of drug-likeness (QED) is 0.398. The molecule has 106 valence electrons. The topological polar surface area (TPSA) is 83.8 Å². The van der Waals surface area contributed by atoms with Gasteiger partial charge in [-0.05, 0) is 18.3 Å². The summed E-state index contributed by atoms with van der Waals surface area (Å²) < 4.78 is 0. The molecular formula is C13H24O5. The zero-order valence-electron chi connectivity index (χ0n) is 11.4. The van der Waals surface area contributed by atoms with Gasteiger partial charge in [0.2, 0.25) is 0 Å². The first kappa shape index (κ1) is 16.9. The van der Waals surface area contributed by atoms with E-state index in [9.17, 15) is 9.59 Å². The molecule has 0 aliphatic carbocycles. The summed E-state index contributed by atoms with van der Waals surface area (Å²) in [6, 6.07) is 0. The normalized spacial score (nSPS) is 13.1. The zero-order valence-corrected chi connectivity index (χ0v) is 11.4. The van der Waals surface area contributed by atoms with Crippen molar-refractivity contribution >= 4 is 11.9 Å². The predicted octanol–water partition coefficient (Wildman–Crippen LogP) is 3.09. The molecule has 0 aromatic rings. The van der Waals surface area contributed by atoms with Crippen LogP contribution in [-0.4, -0.2) is 22.3 Å². The summed E-state index contributed by atoms with van der Waals surface area (Å²) >= 11 is 0. The van der Waals surface area contributed by atoms with Gasteiger partial charge in [-0.15, -0.1) is 0 Å². The van der Waals surface area contributed by atoms with Crippen LogP contribution in [0, 0.1) is 11.3 Å². The smallest absolute Gasteiger partial charge is 0.345 e. The molecule has 0 aliphatic heterocycles. The summed E-state index contributed by atoms with van der Waals surface area (Å²) in [6.07, 6.45) is 4.07. The summed E-state index contributed by atoms with van der Waals surface area (Å²) in [5.41, 5.74) is -0.249. The van der Waals surface area contributed by atoms with Crippen LogP contribution in [0.1, 0.15) is 59.3 Å². The second-order valence-corrected chi connectivity index (χ2v) is 5.68. The standard InChI is InChI=1S/C13H24O5/c1-13(2,3)10(12(16)18-17)8-6-4-5-7-9-11(14)15/h10,17H,4-9H2,1-3H3,(H,14,15). The molecule has 2 N–H and O–H groups in total. The van der Waals surface area contributed by atoms with Crippen molar-refractivity contribution in [3.05, 3.63) is 0 Å². The Morgan fingerprint density at radius 2 is 1.67 bits per heavy atom. The van der Waals surface area contributed by atoms with Gasteiger partial charge in [-0.2, -0.15) is 5.26 Å². The third-order valence-electron chi connectivity index (χ3n) is 3.05. The average Bonchev–Trinajstić information content (AvgIpc) is 2.25. The van der Waals surface area contributed by atoms with Crippen molar-refractivity contribution < 1.29 is 24.8 Å². The lowest BCUT2D eigenvalue weighted by Gasteiger charge is -2.27. The third kappa shape index (κ3) is 7.27. The fourth-order valence-electron chi connectivity index (χ4n) is 1.95. The minimum Gasteiger partial charge on any atom is -0.481 e. The molecule has 1 unspecified atom stereocenters. The van der Waals surface area contributed by atoms with Gasteiger partial charge in [0.25, 0.3) is 0 Å². The highest BCUT2D eigenvalue weighted by Crippen LogP contribution is 2.31. The lowest BCUT2D eigenvalue weighted by atomic mass is 9.78. The molecule has 5 heteroatoms. The Morgan fingerprint density at radius 3 is 2.11 bits per heavy atom. The van der Waals surface area contributed by atoms with Gasteiger partial charge < -0.3 is 9.99 Å². The summed E-state index contributed by atoms with van der Waals surface area (Å²) in [5, 5.41) is 16.9. The highest BCUT2D eigenvalue weighted by atomic mass is 17.1. The van der Waals surface area contributed by atoms with Gasteiger partial charge in [0.15, 0.2) is 0 Å². The van der Waals surface area contributed by atoms with Gasteiger partial charge in [0.05, 0.1) is 5.92 Å². The molecule has 18 heavy (non-hydrogen) atoms. The van der Waals surface area contributed by atoms with Crippen LogP contribution in [0.15, 0.2) is 0 Å². The van der Waals surface area contributed by atoms with Gasteiger partial charge in [0.1, 0.15) is 0 Å². The largest absolute Gasteiger partial charge is 0.481 e. The Morgan fingerprint density at radius 1 is 1.11 bits per heavy atom. The van der Waals surface area contributed by atoms with E-state index in [4.69, 9.17) is 10.4 Å². The van der Waals surface area contributed by atoms with Crippen LogP contribution in [-0.2, 0) is 14.5 Å². The number of carbonyl (C=O) groups is 2. The molecule has 0 bridgehead atoms. The van der Waals surface area contributed by atoms with Crippen LogP contribution < -0.4 is 0 Å². The van der Waals surface area contributed by atoms with E-state index in [0.717, 1.165) is 19.3 Å². The number of aliphatic carboxylic acids is 1. The van der Waals surface area contributed by atoms with Gasteiger partial charge in [-0.3, -0.25) is 4.79 Å². The summed E-state index contributed by atoms with van der Waals surface area (Å²) in [7, 11) is 0. The molecule has 0 radical (unpaired) electrons. The Labute approximate surface area is 108 Å². The molecular weight excluding hydrogens is 236 g/mol. The van der Waals surface area contributed by atoms with Crippen molar-refractivity contribution in [3.8, 4) is 0 Å². The molecule has 0 heterocycles. The van der Waals surface area contributed by atoms with Gasteiger partial charge in [-0.25, -0.2) is 4.79 Å². The van der Waals surface area contributed by atoms with Crippen molar-refractivity contribution in [2.45, 2.75) is 59.3 Å². The molecule has 0 aromatic heterocycles. The molecule has 5 nitrogen and oxygen atoms in total. The van der Waals surface area contributed by atoms with E-state index in [2.05, 4.69) is 4.89 Å². The Bertz CT molecular complexity index is 267. The van der Waals surface area contributed by atoms with E-state index < -0.39 is 11.9 Å². The number of hydrogen-bond acceptors (Lipinski definition) is 4. The van der Waals surface area contributed by atoms with Crippen LogP contribution in [0.3, 0.4) is 0 Å². The van der Waals surface area contributed by atoms with E-state index in [1.54, 1.807) is 0 Å². The minimum absolute atomic E-state index is 0.196. The van der Waals surface area contributed by atoms with Crippen LogP contribution in [0.2, 0.25) is 0 Å². The van der Waals surface area contributed by atoms with Crippen molar-refractivity contribution in [2.75, 3.05) is 0 Å². The fraction of sp³-hybridized carbons (Fsp3) is 0.846. The first-order chi connectivity index (χ1) is 8.29. The summed E-state index contributed by atoms with van der Waals surface area (Å²) in [6.45, 7) is 5.79. The monoisotopic (exact) mass is 260 g/mol. The van der Waals surface area contributed by atoms with Crippen LogP contribution in [0.5, 0.6) is 0 Å². The predicted molar refractivity (Wildman–Crippen MR) is 67.0 cm³/mol. The number of carboxylic acids is 1. The van der Waals surface area contributed by atoms with Crippen molar-refractivity contribution in [3.63, 3.8) is 0 Å². The Hall–Kier alpha value is -1.10. The Balaban J connectivity index is 3.92. The molecule has 0 amide bonds. The maximum absolute atomic E-state index is 11.4. The van der Waals surface area contributed by atoms with Gasteiger partial charge >= 0.3 is 11.9 Å². The average molecular weight is 260 g/mol. The molecule has 0 spiro atoms. The SMILES string of the molecule is CC(C)(C)C(CCCCCCC(=O)O)C(=O)OO. The summed E-state index contributed by atoms with van der Waals surface area (Å²) in [4.78, 5) is 25.6. The maximum atomic E-state index is 11.4. The first-order valence-electron chi connectivity index (χ1n) is 6.36. The second-order valence-electron chi connectivity index (χ2n) is 5.68. The minimum atomic E-state index is -0.772. The van der Waals surface area contributed by atoms with Crippen molar-refractivity contribution in [2.24, 2.45) is 11.3 Å². The number of hydrogen-bond donors (Lipinski definition) is 2. The van der Waals surface area contributed by atoms with Crippen LogP contribution >= 0.6 is 0 Å². The van der Waals surface area contributed by atoms with E-state index >= 15 is 0 Å². The molecule has 0 aliphatic rings.